The zero-order valence-corrected chi connectivity index (χ0v) is 12.6. The molecule has 0 aliphatic carbocycles. The fourth-order valence-corrected chi connectivity index (χ4v) is 4.79. The maximum Gasteiger partial charge on any atom is 0.243 e. The Morgan fingerprint density at radius 1 is 1.35 bits per heavy atom. The molecule has 20 heavy (non-hydrogen) atoms. The Bertz CT molecular complexity index is 577. The first-order valence-electron chi connectivity index (χ1n) is 6.74. The summed E-state index contributed by atoms with van der Waals surface area (Å²) < 4.78 is 40.2. The van der Waals surface area contributed by atoms with Gasteiger partial charge >= 0.3 is 0 Å². The Balaban J connectivity index is 2.40. The predicted molar refractivity (Wildman–Crippen MR) is 74.4 cm³/mol. The van der Waals surface area contributed by atoms with Gasteiger partial charge < -0.3 is 5.11 Å². The van der Waals surface area contributed by atoms with Gasteiger partial charge in [0.1, 0.15) is 5.82 Å². The summed E-state index contributed by atoms with van der Waals surface area (Å²) >= 11 is 0. The molecule has 4 nitrogen and oxygen atoms in total. The van der Waals surface area contributed by atoms with Crippen LogP contribution in [0.3, 0.4) is 0 Å². The summed E-state index contributed by atoms with van der Waals surface area (Å²) in [4.78, 5) is 0.192. The third-order valence-electron chi connectivity index (χ3n) is 3.76. The summed E-state index contributed by atoms with van der Waals surface area (Å²) in [5, 5.41) is 9.22. The van der Waals surface area contributed by atoms with Gasteiger partial charge in [0, 0.05) is 19.7 Å². The predicted octanol–water partition coefficient (Wildman–Crippen LogP) is 1.84. The molecule has 6 heteroatoms. The highest BCUT2D eigenvalue weighted by Crippen LogP contribution is 2.28. The van der Waals surface area contributed by atoms with E-state index in [1.807, 2.05) is 0 Å². The SMILES string of the molecule is Cc1cc(F)cc(C)c1S(=O)(=O)N1CCCC(CO)C1. The van der Waals surface area contributed by atoms with E-state index in [4.69, 9.17) is 0 Å². The lowest BCUT2D eigenvalue weighted by molar-refractivity contribution is 0.165. The Hall–Kier alpha value is -0.980. The fraction of sp³-hybridized carbons (Fsp3) is 0.571. The van der Waals surface area contributed by atoms with E-state index in [0.717, 1.165) is 12.8 Å². The number of benzene rings is 1. The molecule has 1 atom stereocenters. The number of nitrogens with zero attached hydrogens (tertiary/aromatic N) is 1. The minimum Gasteiger partial charge on any atom is -0.396 e. The zero-order chi connectivity index (χ0) is 14.9. The van der Waals surface area contributed by atoms with Crippen LogP contribution in [-0.2, 0) is 10.0 Å². The molecule has 1 aliphatic rings. The molecule has 0 aromatic heterocycles. The minimum absolute atomic E-state index is 0.00655. The molecule has 112 valence electrons. The van der Waals surface area contributed by atoms with Crippen LogP contribution in [0.5, 0.6) is 0 Å². The molecule has 2 rings (SSSR count). The lowest BCUT2D eigenvalue weighted by Crippen LogP contribution is -2.41. The summed E-state index contributed by atoms with van der Waals surface area (Å²) in [7, 11) is -3.63. The maximum absolute atomic E-state index is 13.3. The number of aliphatic hydroxyl groups is 1. The summed E-state index contributed by atoms with van der Waals surface area (Å²) in [5.74, 6) is -0.439. The molecular weight excluding hydrogens is 281 g/mol. The van der Waals surface area contributed by atoms with Crippen LogP contribution in [0.4, 0.5) is 4.39 Å². The van der Waals surface area contributed by atoms with Gasteiger partial charge in [-0.15, -0.1) is 0 Å². The Kier molecular flexibility index (Phi) is 4.46. The summed E-state index contributed by atoms with van der Waals surface area (Å²) in [5.41, 5.74) is 0.849. The highest BCUT2D eigenvalue weighted by Gasteiger charge is 2.32. The van der Waals surface area contributed by atoms with Gasteiger partial charge in [0.15, 0.2) is 0 Å². The number of halogens is 1. The highest BCUT2D eigenvalue weighted by molar-refractivity contribution is 7.89. The molecule has 0 spiro atoms. The number of sulfonamides is 1. The van der Waals surface area contributed by atoms with Crippen molar-refractivity contribution in [3.63, 3.8) is 0 Å². The van der Waals surface area contributed by atoms with E-state index in [9.17, 15) is 17.9 Å². The average molecular weight is 301 g/mol. The van der Waals surface area contributed by atoms with E-state index in [1.54, 1.807) is 13.8 Å². The van der Waals surface area contributed by atoms with E-state index >= 15 is 0 Å². The largest absolute Gasteiger partial charge is 0.396 e. The number of aryl methyl sites for hydroxylation is 2. The van der Waals surface area contributed by atoms with Crippen molar-refractivity contribution < 1.29 is 17.9 Å². The number of piperidine rings is 1. The third kappa shape index (κ3) is 2.87. The van der Waals surface area contributed by atoms with E-state index in [-0.39, 0.29) is 17.4 Å². The Morgan fingerprint density at radius 2 is 1.95 bits per heavy atom. The molecule has 1 aromatic carbocycles. The highest BCUT2D eigenvalue weighted by atomic mass is 32.2. The van der Waals surface area contributed by atoms with Gasteiger partial charge in [-0.25, -0.2) is 12.8 Å². The summed E-state index contributed by atoms with van der Waals surface area (Å²) in [6.45, 7) is 3.99. The van der Waals surface area contributed by atoms with Gasteiger partial charge in [0.25, 0.3) is 0 Å². The first kappa shape index (κ1) is 15.4. The maximum atomic E-state index is 13.3. The molecule has 0 bridgehead atoms. The average Bonchev–Trinajstić information content (AvgIpc) is 2.37. The van der Waals surface area contributed by atoms with E-state index in [2.05, 4.69) is 0 Å². The number of aliphatic hydroxyl groups excluding tert-OH is 1. The lowest BCUT2D eigenvalue weighted by atomic mass is 10.0. The van der Waals surface area contributed by atoms with Gasteiger partial charge in [0.2, 0.25) is 10.0 Å². The number of hydrogen-bond donors (Lipinski definition) is 1. The first-order valence-corrected chi connectivity index (χ1v) is 8.18. The van der Waals surface area contributed by atoms with Crippen molar-refractivity contribution in [2.24, 2.45) is 5.92 Å². The molecule has 1 heterocycles. The topological polar surface area (TPSA) is 57.6 Å². The van der Waals surface area contributed by atoms with Gasteiger partial charge in [-0.05, 0) is 55.9 Å². The fourth-order valence-electron chi connectivity index (χ4n) is 2.83. The van der Waals surface area contributed by atoms with Crippen molar-refractivity contribution in [3.05, 3.63) is 29.1 Å². The molecule has 0 radical (unpaired) electrons. The third-order valence-corrected chi connectivity index (χ3v) is 5.93. The molecule has 1 N–H and O–H groups in total. The standard InChI is InChI=1S/C14H20FNO3S/c1-10-6-13(15)7-11(2)14(10)20(18,19)16-5-3-4-12(8-16)9-17/h6-7,12,17H,3-5,8-9H2,1-2H3. The second-order valence-corrected chi connectivity index (χ2v) is 7.30. The summed E-state index contributed by atoms with van der Waals surface area (Å²) in [6, 6.07) is 2.49. The number of hydrogen-bond acceptors (Lipinski definition) is 3. The monoisotopic (exact) mass is 301 g/mol. The molecule has 1 saturated heterocycles. The lowest BCUT2D eigenvalue weighted by Gasteiger charge is -2.31. The van der Waals surface area contributed by atoms with E-state index in [0.29, 0.717) is 24.2 Å². The van der Waals surface area contributed by atoms with E-state index in [1.165, 1.54) is 16.4 Å². The van der Waals surface area contributed by atoms with Crippen LogP contribution in [0.2, 0.25) is 0 Å². The molecule has 1 aromatic rings. The summed E-state index contributed by atoms with van der Waals surface area (Å²) in [6.07, 6.45) is 1.58. The minimum atomic E-state index is -3.63. The van der Waals surface area contributed by atoms with Crippen molar-refractivity contribution in [1.29, 1.82) is 0 Å². The normalized spacial score (nSPS) is 21.1. The second kappa shape index (κ2) is 5.79. The molecule has 1 fully saturated rings. The van der Waals surface area contributed by atoms with Crippen LogP contribution < -0.4 is 0 Å². The van der Waals surface area contributed by atoms with Crippen molar-refractivity contribution in [2.75, 3.05) is 19.7 Å². The van der Waals surface area contributed by atoms with Crippen molar-refractivity contribution in [2.45, 2.75) is 31.6 Å². The Labute approximate surface area is 119 Å². The van der Waals surface area contributed by atoms with Crippen LogP contribution >= 0.6 is 0 Å². The van der Waals surface area contributed by atoms with Gasteiger partial charge in [-0.2, -0.15) is 4.31 Å². The van der Waals surface area contributed by atoms with Crippen LogP contribution in [-0.4, -0.2) is 37.5 Å². The quantitative estimate of drug-likeness (QED) is 0.926. The van der Waals surface area contributed by atoms with Crippen molar-refractivity contribution >= 4 is 10.0 Å². The molecule has 0 amide bonds. The van der Waals surface area contributed by atoms with Gasteiger partial charge in [-0.1, -0.05) is 0 Å². The molecule has 1 aliphatic heterocycles. The van der Waals surface area contributed by atoms with Crippen molar-refractivity contribution in [1.82, 2.24) is 4.31 Å². The van der Waals surface area contributed by atoms with Gasteiger partial charge in [-0.3, -0.25) is 0 Å². The molecule has 1 unspecified atom stereocenters. The number of rotatable bonds is 3. The van der Waals surface area contributed by atoms with Crippen molar-refractivity contribution in [3.8, 4) is 0 Å². The zero-order valence-electron chi connectivity index (χ0n) is 11.8. The second-order valence-electron chi connectivity index (χ2n) is 5.42. The Morgan fingerprint density at radius 3 is 2.50 bits per heavy atom. The van der Waals surface area contributed by atoms with Gasteiger partial charge in [0.05, 0.1) is 4.90 Å². The molecular formula is C14H20FNO3S. The van der Waals surface area contributed by atoms with Crippen LogP contribution in [0, 0.1) is 25.6 Å². The van der Waals surface area contributed by atoms with Crippen LogP contribution in [0.1, 0.15) is 24.0 Å². The molecule has 0 saturated carbocycles. The van der Waals surface area contributed by atoms with E-state index < -0.39 is 15.8 Å². The van der Waals surface area contributed by atoms with Crippen LogP contribution in [0.15, 0.2) is 17.0 Å². The smallest absolute Gasteiger partial charge is 0.243 e. The van der Waals surface area contributed by atoms with Crippen LogP contribution in [0.25, 0.3) is 0 Å². The first-order chi connectivity index (χ1) is 9.36.